The summed E-state index contributed by atoms with van der Waals surface area (Å²) in [5.74, 6) is -0.279. The smallest absolute Gasteiger partial charge is 0.251 e. The number of imidazole rings is 1. The van der Waals surface area contributed by atoms with Crippen molar-refractivity contribution in [2.45, 2.75) is 26.1 Å². The second-order valence-electron chi connectivity index (χ2n) is 8.76. The molecule has 3 aromatic rings. The lowest BCUT2D eigenvalue weighted by molar-refractivity contribution is -0.116. The first kappa shape index (κ1) is 23.7. The Balaban J connectivity index is 1.24. The molecule has 34 heavy (non-hydrogen) atoms. The maximum atomic E-state index is 12.6. The van der Waals surface area contributed by atoms with Crippen molar-refractivity contribution in [3.63, 3.8) is 0 Å². The van der Waals surface area contributed by atoms with E-state index >= 15 is 0 Å². The molecule has 8 nitrogen and oxygen atoms in total. The lowest BCUT2D eigenvalue weighted by Gasteiger charge is -2.32. The van der Waals surface area contributed by atoms with Crippen LogP contribution < -0.4 is 10.6 Å². The fourth-order valence-electron chi connectivity index (χ4n) is 3.92. The van der Waals surface area contributed by atoms with Crippen LogP contribution in [0.1, 0.15) is 27.9 Å². The Labute approximate surface area is 200 Å². The molecule has 1 aromatic heterocycles. The first-order valence-corrected chi connectivity index (χ1v) is 11.7. The summed E-state index contributed by atoms with van der Waals surface area (Å²) < 4.78 is 1.85. The number of benzene rings is 2. The van der Waals surface area contributed by atoms with Gasteiger partial charge in [-0.05, 0) is 36.4 Å². The van der Waals surface area contributed by atoms with Crippen LogP contribution in [-0.4, -0.2) is 64.4 Å². The van der Waals surface area contributed by atoms with Gasteiger partial charge in [0, 0.05) is 75.9 Å². The van der Waals surface area contributed by atoms with E-state index in [1.807, 2.05) is 10.8 Å². The third-order valence-corrected chi connectivity index (χ3v) is 6.04. The van der Waals surface area contributed by atoms with Gasteiger partial charge in [0.2, 0.25) is 5.91 Å². The quantitative estimate of drug-likeness (QED) is 0.513. The van der Waals surface area contributed by atoms with Crippen molar-refractivity contribution in [2.75, 3.05) is 38.5 Å². The summed E-state index contributed by atoms with van der Waals surface area (Å²) in [4.78, 5) is 33.7. The topological polar surface area (TPSA) is 82.5 Å². The molecule has 0 atom stereocenters. The van der Waals surface area contributed by atoms with Crippen molar-refractivity contribution in [3.05, 3.63) is 83.9 Å². The van der Waals surface area contributed by atoms with Crippen molar-refractivity contribution in [3.8, 4) is 0 Å². The van der Waals surface area contributed by atoms with E-state index in [1.54, 1.807) is 36.8 Å². The monoisotopic (exact) mass is 460 g/mol. The minimum absolute atomic E-state index is 0.108. The Hall–Kier alpha value is -3.49. The maximum absolute atomic E-state index is 12.6. The zero-order valence-electron chi connectivity index (χ0n) is 19.6. The normalized spacial score (nSPS) is 14.6. The summed E-state index contributed by atoms with van der Waals surface area (Å²) >= 11 is 0. The number of amides is 2. The second kappa shape index (κ2) is 11.6. The van der Waals surface area contributed by atoms with E-state index in [0.717, 1.165) is 38.3 Å². The first-order chi connectivity index (χ1) is 16.5. The van der Waals surface area contributed by atoms with Gasteiger partial charge in [0.25, 0.3) is 5.91 Å². The van der Waals surface area contributed by atoms with Gasteiger partial charge in [-0.15, -0.1) is 0 Å². The predicted octanol–water partition coefficient (Wildman–Crippen LogP) is 2.59. The summed E-state index contributed by atoms with van der Waals surface area (Å²) in [6.45, 7) is 6.38. The number of nitrogens with one attached hydrogen (secondary N) is 2. The molecule has 0 bridgehead atoms. The first-order valence-electron chi connectivity index (χ1n) is 11.7. The number of likely N-dealkylation sites (N-methyl/N-ethyl adjacent to an activating group) is 1. The zero-order valence-corrected chi connectivity index (χ0v) is 19.6. The minimum atomic E-state index is -0.170. The van der Waals surface area contributed by atoms with Crippen molar-refractivity contribution in [1.29, 1.82) is 0 Å². The highest BCUT2D eigenvalue weighted by molar-refractivity contribution is 5.97. The summed E-state index contributed by atoms with van der Waals surface area (Å²) in [5, 5.41) is 5.82. The standard InChI is InChI=1S/C26H32N6O2/c1-30-13-15-31(16-14-30)19-22-7-5-21(6-8-22)18-28-26(34)23-3-2-4-24(17-23)29-25(33)9-11-32-12-10-27-20-32/h2-8,10,12,17,20H,9,11,13-16,18-19H2,1H3,(H,28,34)(H,29,33). The average Bonchev–Trinajstić information content (AvgIpc) is 3.38. The Morgan fingerprint density at radius 2 is 1.76 bits per heavy atom. The number of hydrogen-bond acceptors (Lipinski definition) is 5. The molecule has 1 fully saturated rings. The van der Waals surface area contributed by atoms with E-state index in [9.17, 15) is 9.59 Å². The zero-order chi connectivity index (χ0) is 23.8. The second-order valence-corrected chi connectivity index (χ2v) is 8.76. The van der Waals surface area contributed by atoms with Crippen molar-refractivity contribution < 1.29 is 9.59 Å². The van der Waals surface area contributed by atoms with E-state index in [2.05, 4.69) is 56.7 Å². The molecule has 0 aliphatic carbocycles. The number of aromatic nitrogens is 2. The van der Waals surface area contributed by atoms with Crippen LogP contribution >= 0.6 is 0 Å². The maximum Gasteiger partial charge on any atom is 0.251 e. The number of anilines is 1. The van der Waals surface area contributed by atoms with E-state index < -0.39 is 0 Å². The number of rotatable bonds is 9. The molecule has 2 heterocycles. The third kappa shape index (κ3) is 7.00. The Kier molecular flexibility index (Phi) is 8.06. The van der Waals surface area contributed by atoms with Crippen LogP contribution in [0.3, 0.4) is 0 Å². The summed E-state index contributed by atoms with van der Waals surface area (Å²) in [7, 11) is 2.16. The molecule has 8 heteroatoms. The van der Waals surface area contributed by atoms with Gasteiger partial charge in [0.05, 0.1) is 6.33 Å². The highest BCUT2D eigenvalue weighted by Gasteiger charge is 2.14. The van der Waals surface area contributed by atoms with Crippen molar-refractivity contribution in [1.82, 2.24) is 24.7 Å². The number of nitrogens with zero attached hydrogens (tertiary/aromatic N) is 4. The molecule has 2 aromatic carbocycles. The van der Waals surface area contributed by atoms with Gasteiger partial charge in [-0.2, -0.15) is 0 Å². The number of piperazine rings is 1. The lowest BCUT2D eigenvalue weighted by atomic mass is 10.1. The van der Waals surface area contributed by atoms with Gasteiger partial charge in [0.1, 0.15) is 0 Å². The van der Waals surface area contributed by atoms with E-state index in [1.165, 1.54) is 5.56 Å². The molecule has 1 saturated heterocycles. The van der Waals surface area contributed by atoms with Gasteiger partial charge >= 0.3 is 0 Å². The Bertz CT molecular complexity index is 1070. The van der Waals surface area contributed by atoms with Crippen molar-refractivity contribution >= 4 is 17.5 Å². The molecule has 0 unspecified atom stereocenters. The number of aryl methyl sites for hydroxylation is 1. The van der Waals surface area contributed by atoms with Gasteiger partial charge in [-0.25, -0.2) is 4.98 Å². The van der Waals surface area contributed by atoms with Crippen LogP contribution in [0.15, 0.2) is 67.3 Å². The van der Waals surface area contributed by atoms with E-state index in [0.29, 0.717) is 30.8 Å². The fraction of sp³-hybridized carbons (Fsp3) is 0.346. The molecule has 2 amide bonds. The summed E-state index contributed by atoms with van der Waals surface area (Å²) in [6, 6.07) is 15.4. The van der Waals surface area contributed by atoms with Crippen LogP contribution in [0, 0.1) is 0 Å². The lowest BCUT2D eigenvalue weighted by Crippen LogP contribution is -2.43. The van der Waals surface area contributed by atoms with Crippen LogP contribution in [0.25, 0.3) is 0 Å². The van der Waals surface area contributed by atoms with E-state index in [4.69, 9.17) is 0 Å². The van der Waals surface area contributed by atoms with Gasteiger partial charge < -0.3 is 20.1 Å². The molecule has 4 rings (SSSR count). The SMILES string of the molecule is CN1CCN(Cc2ccc(CNC(=O)c3cccc(NC(=O)CCn4ccnc4)c3)cc2)CC1. The summed E-state index contributed by atoms with van der Waals surface area (Å²) in [5.41, 5.74) is 3.46. The van der Waals surface area contributed by atoms with Gasteiger partial charge in [-0.3, -0.25) is 14.5 Å². The van der Waals surface area contributed by atoms with Crippen LogP contribution in [0.2, 0.25) is 0 Å². The number of carbonyl (C=O) groups excluding carboxylic acids is 2. The van der Waals surface area contributed by atoms with Crippen LogP contribution in [0.5, 0.6) is 0 Å². The molecular weight excluding hydrogens is 428 g/mol. The Morgan fingerprint density at radius 3 is 2.50 bits per heavy atom. The number of carbonyl (C=O) groups is 2. The third-order valence-electron chi connectivity index (χ3n) is 6.04. The minimum Gasteiger partial charge on any atom is -0.348 e. The molecule has 0 spiro atoms. The fourth-order valence-corrected chi connectivity index (χ4v) is 3.92. The molecule has 0 radical (unpaired) electrons. The molecule has 178 valence electrons. The highest BCUT2D eigenvalue weighted by Crippen LogP contribution is 2.13. The van der Waals surface area contributed by atoms with E-state index in [-0.39, 0.29) is 11.8 Å². The molecule has 1 aliphatic rings. The van der Waals surface area contributed by atoms with Crippen LogP contribution in [-0.2, 0) is 24.4 Å². The van der Waals surface area contributed by atoms with Crippen molar-refractivity contribution in [2.24, 2.45) is 0 Å². The molecule has 2 N–H and O–H groups in total. The highest BCUT2D eigenvalue weighted by atomic mass is 16.2. The summed E-state index contributed by atoms with van der Waals surface area (Å²) in [6.07, 6.45) is 5.51. The molecule has 1 aliphatic heterocycles. The van der Waals surface area contributed by atoms with Gasteiger partial charge in [0.15, 0.2) is 0 Å². The van der Waals surface area contributed by atoms with Gasteiger partial charge in [-0.1, -0.05) is 30.3 Å². The average molecular weight is 461 g/mol. The Morgan fingerprint density at radius 1 is 1.00 bits per heavy atom. The molecule has 0 saturated carbocycles. The largest absolute Gasteiger partial charge is 0.348 e. The number of hydrogen-bond donors (Lipinski definition) is 2. The molecular formula is C26H32N6O2. The van der Waals surface area contributed by atoms with Crippen LogP contribution in [0.4, 0.5) is 5.69 Å². The predicted molar refractivity (Wildman–Crippen MR) is 132 cm³/mol.